The quantitative estimate of drug-likeness (QED) is 0.471. The minimum atomic E-state index is -0.580. The van der Waals surface area contributed by atoms with Crippen LogP contribution in [0.2, 0.25) is 5.02 Å². The number of nitrogens with zero attached hydrogens (tertiary/aromatic N) is 2. The number of hydrogen-bond donors (Lipinski definition) is 3. The Labute approximate surface area is 154 Å². The van der Waals surface area contributed by atoms with Gasteiger partial charge < -0.3 is 20.4 Å². The van der Waals surface area contributed by atoms with E-state index in [2.05, 4.69) is 20.6 Å². The first kappa shape index (κ1) is 17.3. The van der Waals surface area contributed by atoms with Gasteiger partial charge in [-0.05, 0) is 36.4 Å². The molecule has 7 nitrogen and oxygen atoms in total. The maximum atomic E-state index is 12.4. The molecule has 0 atom stereocenters. The lowest BCUT2D eigenvalue weighted by atomic mass is 10.2. The molecule has 0 spiro atoms. The van der Waals surface area contributed by atoms with E-state index in [-0.39, 0.29) is 5.57 Å². The minimum Gasteiger partial charge on any atom is -0.495 e. The zero-order valence-electron chi connectivity index (χ0n) is 13.7. The molecule has 0 aliphatic heterocycles. The van der Waals surface area contributed by atoms with Crippen molar-refractivity contribution in [1.82, 2.24) is 9.97 Å². The normalized spacial score (nSPS) is 11.0. The number of nitrogens with one attached hydrogen (secondary N) is 3. The van der Waals surface area contributed by atoms with Crippen LogP contribution in [0.3, 0.4) is 0 Å². The summed E-state index contributed by atoms with van der Waals surface area (Å²) in [5.74, 6) is -0.138. The Balaban J connectivity index is 1.77. The highest BCUT2D eigenvalue weighted by Gasteiger charge is 2.13. The summed E-state index contributed by atoms with van der Waals surface area (Å²) in [5, 5.41) is 15.3. The summed E-state index contributed by atoms with van der Waals surface area (Å²) in [6.45, 7) is 0. The van der Waals surface area contributed by atoms with Gasteiger partial charge in [0.15, 0.2) is 0 Å². The molecule has 0 saturated heterocycles. The molecule has 3 N–H and O–H groups in total. The number of ether oxygens (including phenoxy) is 1. The third-order valence-corrected chi connectivity index (χ3v) is 3.81. The highest BCUT2D eigenvalue weighted by Crippen LogP contribution is 2.28. The Morgan fingerprint density at radius 2 is 2.19 bits per heavy atom. The monoisotopic (exact) mass is 367 g/mol. The number of rotatable bonds is 5. The molecule has 1 amide bonds. The van der Waals surface area contributed by atoms with Gasteiger partial charge in [0.1, 0.15) is 17.4 Å². The number of H-pyrrole nitrogens is 1. The predicted molar refractivity (Wildman–Crippen MR) is 100 cm³/mol. The van der Waals surface area contributed by atoms with Gasteiger partial charge >= 0.3 is 0 Å². The molecular formula is C18H14ClN5O2. The molecule has 0 fully saturated rings. The van der Waals surface area contributed by atoms with Gasteiger partial charge in [0.25, 0.3) is 5.91 Å². The average molecular weight is 368 g/mol. The largest absolute Gasteiger partial charge is 0.495 e. The Hall–Kier alpha value is -3.50. The van der Waals surface area contributed by atoms with Gasteiger partial charge in [-0.3, -0.25) is 4.79 Å². The van der Waals surface area contributed by atoms with E-state index in [0.29, 0.717) is 22.1 Å². The van der Waals surface area contributed by atoms with Crippen LogP contribution in [0, 0.1) is 11.3 Å². The number of anilines is 2. The molecule has 3 rings (SSSR count). The zero-order chi connectivity index (χ0) is 18.5. The number of nitriles is 1. The number of imidazole rings is 1. The van der Waals surface area contributed by atoms with Gasteiger partial charge in [-0.15, -0.1) is 0 Å². The maximum Gasteiger partial charge on any atom is 0.267 e. The highest BCUT2D eigenvalue weighted by atomic mass is 35.5. The van der Waals surface area contributed by atoms with E-state index in [1.54, 1.807) is 30.6 Å². The van der Waals surface area contributed by atoms with Crippen molar-refractivity contribution in [2.24, 2.45) is 0 Å². The summed E-state index contributed by atoms with van der Waals surface area (Å²) in [6, 6.07) is 12.1. The standard InChI is InChI=1S/C18H14ClN5O2/c1-26-17-5-2-12(19)6-16(17)24-18(25)11(8-20)9-21-13-3-4-14-15(7-13)23-10-22-14/h2-7,9-10,21H,1H3,(H,22,23)(H,24,25)/b11-9-. The lowest BCUT2D eigenvalue weighted by Gasteiger charge is -2.10. The van der Waals surface area contributed by atoms with Crippen molar-refractivity contribution in [3.8, 4) is 11.8 Å². The van der Waals surface area contributed by atoms with E-state index in [9.17, 15) is 10.1 Å². The van der Waals surface area contributed by atoms with Crippen LogP contribution in [-0.4, -0.2) is 23.0 Å². The zero-order valence-corrected chi connectivity index (χ0v) is 14.5. The predicted octanol–water partition coefficient (Wildman–Crippen LogP) is 3.68. The summed E-state index contributed by atoms with van der Waals surface area (Å²) in [4.78, 5) is 19.5. The Morgan fingerprint density at radius 1 is 1.35 bits per heavy atom. The number of halogens is 1. The smallest absolute Gasteiger partial charge is 0.267 e. The molecule has 0 aliphatic carbocycles. The first-order valence-electron chi connectivity index (χ1n) is 7.55. The number of amides is 1. The number of benzene rings is 2. The molecular weight excluding hydrogens is 354 g/mol. The van der Waals surface area contributed by atoms with E-state index in [4.69, 9.17) is 16.3 Å². The van der Waals surface area contributed by atoms with Crippen molar-refractivity contribution in [2.45, 2.75) is 0 Å². The fourth-order valence-corrected chi connectivity index (χ4v) is 2.47. The van der Waals surface area contributed by atoms with Crippen molar-refractivity contribution in [3.05, 3.63) is 59.5 Å². The molecule has 8 heteroatoms. The van der Waals surface area contributed by atoms with Gasteiger partial charge in [-0.1, -0.05) is 11.6 Å². The van der Waals surface area contributed by atoms with E-state index < -0.39 is 5.91 Å². The summed E-state index contributed by atoms with van der Waals surface area (Å²) in [6.07, 6.45) is 2.93. The maximum absolute atomic E-state index is 12.4. The van der Waals surface area contributed by atoms with Crippen LogP contribution < -0.4 is 15.4 Å². The van der Waals surface area contributed by atoms with Gasteiger partial charge in [0, 0.05) is 16.9 Å². The first-order chi connectivity index (χ1) is 12.6. The highest BCUT2D eigenvalue weighted by molar-refractivity contribution is 6.31. The molecule has 0 radical (unpaired) electrons. The second-order valence-corrected chi connectivity index (χ2v) is 5.68. The van der Waals surface area contributed by atoms with Crippen molar-refractivity contribution >= 4 is 39.9 Å². The molecule has 1 aromatic heterocycles. The van der Waals surface area contributed by atoms with Gasteiger partial charge in [0.2, 0.25) is 0 Å². The topological polar surface area (TPSA) is 103 Å². The lowest BCUT2D eigenvalue weighted by molar-refractivity contribution is -0.112. The van der Waals surface area contributed by atoms with Crippen LogP contribution in [0.15, 0.2) is 54.5 Å². The number of methoxy groups -OCH3 is 1. The van der Waals surface area contributed by atoms with Gasteiger partial charge in [-0.25, -0.2) is 4.98 Å². The summed E-state index contributed by atoms with van der Waals surface area (Å²) >= 11 is 5.94. The Bertz CT molecular complexity index is 1040. The van der Waals surface area contributed by atoms with Crippen molar-refractivity contribution in [2.75, 3.05) is 17.7 Å². The van der Waals surface area contributed by atoms with Crippen LogP contribution in [0.4, 0.5) is 11.4 Å². The fraction of sp³-hybridized carbons (Fsp3) is 0.0556. The number of hydrogen-bond acceptors (Lipinski definition) is 5. The van der Waals surface area contributed by atoms with Crippen LogP contribution in [0.25, 0.3) is 11.0 Å². The molecule has 130 valence electrons. The van der Waals surface area contributed by atoms with Crippen LogP contribution in [-0.2, 0) is 4.79 Å². The van der Waals surface area contributed by atoms with E-state index in [1.807, 2.05) is 18.2 Å². The molecule has 2 aromatic carbocycles. The number of carbonyl (C=O) groups is 1. The van der Waals surface area contributed by atoms with Crippen LogP contribution in [0.5, 0.6) is 5.75 Å². The molecule has 1 heterocycles. The summed E-state index contributed by atoms with van der Waals surface area (Å²) < 4.78 is 5.18. The van der Waals surface area contributed by atoms with E-state index in [1.165, 1.54) is 13.3 Å². The van der Waals surface area contributed by atoms with Crippen LogP contribution in [0.1, 0.15) is 0 Å². The second-order valence-electron chi connectivity index (χ2n) is 5.25. The van der Waals surface area contributed by atoms with Gasteiger partial charge in [0.05, 0.1) is 30.2 Å². The fourth-order valence-electron chi connectivity index (χ4n) is 2.30. The molecule has 26 heavy (non-hydrogen) atoms. The van der Waals surface area contributed by atoms with E-state index in [0.717, 1.165) is 11.0 Å². The van der Waals surface area contributed by atoms with Crippen molar-refractivity contribution < 1.29 is 9.53 Å². The average Bonchev–Trinajstić information content (AvgIpc) is 3.10. The molecule has 0 bridgehead atoms. The third-order valence-electron chi connectivity index (χ3n) is 3.58. The number of carbonyl (C=O) groups excluding carboxylic acids is 1. The molecule has 0 saturated carbocycles. The Kier molecular flexibility index (Phi) is 5.06. The second kappa shape index (κ2) is 7.59. The van der Waals surface area contributed by atoms with Gasteiger partial charge in [-0.2, -0.15) is 5.26 Å². The minimum absolute atomic E-state index is 0.100. The van der Waals surface area contributed by atoms with E-state index >= 15 is 0 Å². The third kappa shape index (κ3) is 3.77. The number of aromatic amines is 1. The van der Waals surface area contributed by atoms with Crippen molar-refractivity contribution in [3.63, 3.8) is 0 Å². The summed E-state index contributed by atoms with van der Waals surface area (Å²) in [7, 11) is 1.48. The number of aromatic nitrogens is 2. The number of fused-ring (bicyclic) bond motifs is 1. The molecule has 0 unspecified atom stereocenters. The van der Waals surface area contributed by atoms with Crippen molar-refractivity contribution in [1.29, 1.82) is 5.26 Å². The SMILES string of the molecule is COc1ccc(Cl)cc1NC(=O)/C(C#N)=C\Nc1ccc2nc[nH]c2c1. The summed E-state index contributed by atoms with van der Waals surface area (Å²) in [5.41, 5.74) is 2.66. The van der Waals surface area contributed by atoms with Crippen LogP contribution >= 0.6 is 11.6 Å². The Morgan fingerprint density at radius 3 is 2.96 bits per heavy atom. The first-order valence-corrected chi connectivity index (χ1v) is 7.93. The lowest BCUT2D eigenvalue weighted by Crippen LogP contribution is -2.15. The molecule has 0 aliphatic rings. The molecule has 3 aromatic rings.